The van der Waals surface area contributed by atoms with Crippen LogP contribution in [0.2, 0.25) is 0 Å². The van der Waals surface area contributed by atoms with E-state index in [4.69, 9.17) is 5.73 Å². The number of hydrogen-bond acceptors (Lipinski definition) is 4. The zero-order valence-corrected chi connectivity index (χ0v) is 7.60. The number of amides is 1. The topological polar surface area (TPSA) is 89.3 Å². The molecular formula is C6H12N2O3S. The van der Waals surface area contributed by atoms with Crippen molar-refractivity contribution in [3.63, 3.8) is 0 Å². The Balaban J connectivity index is 2.33. The zero-order valence-electron chi connectivity index (χ0n) is 6.78. The molecule has 0 saturated carbocycles. The van der Waals surface area contributed by atoms with Crippen LogP contribution in [0.1, 0.15) is 6.92 Å². The lowest BCUT2D eigenvalue weighted by atomic mass is 10.3. The van der Waals surface area contributed by atoms with Gasteiger partial charge in [0.1, 0.15) is 0 Å². The molecule has 3 N–H and O–H groups in total. The van der Waals surface area contributed by atoms with Crippen molar-refractivity contribution in [2.75, 3.05) is 11.5 Å². The van der Waals surface area contributed by atoms with Gasteiger partial charge in [-0.1, -0.05) is 0 Å². The quantitative estimate of drug-likeness (QED) is 0.543. The number of nitrogens with one attached hydrogen (secondary N) is 1. The predicted molar refractivity (Wildman–Crippen MR) is 44.2 cm³/mol. The molecule has 1 atom stereocenters. The number of nitrogens with two attached hydrogens (primary N) is 1. The Hall–Kier alpha value is -0.620. The lowest BCUT2D eigenvalue weighted by Gasteiger charge is -2.27. The van der Waals surface area contributed by atoms with Crippen LogP contribution in [-0.4, -0.2) is 37.9 Å². The van der Waals surface area contributed by atoms with Gasteiger partial charge in [-0.3, -0.25) is 4.79 Å². The van der Waals surface area contributed by atoms with Gasteiger partial charge in [-0.25, -0.2) is 8.42 Å². The fraction of sp³-hybridized carbons (Fsp3) is 0.833. The van der Waals surface area contributed by atoms with Gasteiger partial charge in [0.05, 0.1) is 23.6 Å². The highest BCUT2D eigenvalue weighted by Crippen LogP contribution is 2.09. The van der Waals surface area contributed by atoms with E-state index in [1.807, 2.05) is 0 Å². The molecule has 0 aliphatic carbocycles. The summed E-state index contributed by atoms with van der Waals surface area (Å²) in [6, 6.07) is -0.804. The number of carbonyl (C=O) groups excluding carboxylic acids is 1. The molecular weight excluding hydrogens is 180 g/mol. The molecule has 0 unspecified atom stereocenters. The monoisotopic (exact) mass is 192 g/mol. The molecule has 1 heterocycles. The van der Waals surface area contributed by atoms with Crippen molar-refractivity contribution in [2.45, 2.75) is 19.0 Å². The second-order valence-electron chi connectivity index (χ2n) is 3.07. The molecule has 12 heavy (non-hydrogen) atoms. The Bertz CT molecular complexity index is 271. The Kier molecular flexibility index (Phi) is 2.39. The Labute approximate surface area is 71.2 Å². The van der Waals surface area contributed by atoms with Gasteiger partial charge in [-0.2, -0.15) is 0 Å². The SMILES string of the molecule is C[C@@H](N)C(=O)NC1CS(=O)(=O)C1. The van der Waals surface area contributed by atoms with Crippen LogP contribution in [0.4, 0.5) is 0 Å². The second-order valence-corrected chi connectivity index (χ2v) is 5.22. The molecule has 0 aromatic heterocycles. The third-order valence-corrected chi connectivity index (χ3v) is 3.49. The van der Waals surface area contributed by atoms with Gasteiger partial charge in [0.25, 0.3) is 0 Å². The number of carbonyl (C=O) groups is 1. The first-order chi connectivity index (χ1) is 5.41. The summed E-state index contributed by atoms with van der Waals surface area (Å²) < 4.78 is 21.3. The van der Waals surface area contributed by atoms with Crippen LogP contribution in [0.3, 0.4) is 0 Å². The maximum atomic E-state index is 10.9. The molecule has 0 aromatic carbocycles. The highest BCUT2D eigenvalue weighted by Gasteiger charge is 2.34. The molecule has 70 valence electrons. The molecule has 0 spiro atoms. The van der Waals surface area contributed by atoms with E-state index in [0.717, 1.165) is 0 Å². The van der Waals surface area contributed by atoms with Gasteiger partial charge in [-0.05, 0) is 6.92 Å². The van der Waals surface area contributed by atoms with Gasteiger partial charge in [0.2, 0.25) is 5.91 Å². The van der Waals surface area contributed by atoms with E-state index in [2.05, 4.69) is 5.32 Å². The summed E-state index contributed by atoms with van der Waals surface area (Å²) in [6.45, 7) is 1.56. The van der Waals surface area contributed by atoms with Gasteiger partial charge >= 0.3 is 0 Å². The first-order valence-corrected chi connectivity index (χ1v) is 5.49. The minimum absolute atomic E-state index is 0.0471. The molecule has 0 aromatic rings. The Morgan fingerprint density at radius 1 is 1.58 bits per heavy atom. The molecule has 0 bridgehead atoms. The smallest absolute Gasteiger partial charge is 0.236 e. The number of rotatable bonds is 2. The van der Waals surface area contributed by atoms with Gasteiger partial charge in [-0.15, -0.1) is 0 Å². The summed E-state index contributed by atoms with van der Waals surface area (Å²) in [5, 5.41) is 2.53. The van der Waals surface area contributed by atoms with Crippen LogP contribution in [0.15, 0.2) is 0 Å². The van der Waals surface area contributed by atoms with Crippen LogP contribution >= 0.6 is 0 Å². The average Bonchev–Trinajstić information content (AvgIpc) is 1.83. The number of sulfone groups is 1. The van der Waals surface area contributed by atoms with Crippen molar-refractivity contribution in [3.05, 3.63) is 0 Å². The van der Waals surface area contributed by atoms with E-state index in [-0.39, 0.29) is 23.5 Å². The van der Waals surface area contributed by atoms with E-state index in [1.165, 1.54) is 0 Å². The fourth-order valence-corrected chi connectivity index (χ4v) is 2.28. The minimum Gasteiger partial charge on any atom is -0.350 e. The largest absolute Gasteiger partial charge is 0.350 e. The summed E-state index contributed by atoms with van der Waals surface area (Å²) >= 11 is 0. The molecule has 1 saturated heterocycles. The lowest BCUT2D eigenvalue weighted by Crippen LogP contribution is -2.55. The van der Waals surface area contributed by atoms with Crippen molar-refractivity contribution >= 4 is 15.7 Å². The van der Waals surface area contributed by atoms with E-state index >= 15 is 0 Å². The van der Waals surface area contributed by atoms with Gasteiger partial charge in [0, 0.05) is 0 Å². The van der Waals surface area contributed by atoms with Crippen LogP contribution in [0.25, 0.3) is 0 Å². The molecule has 1 fully saturated rings. The van der Waals surface area contributed by atoms with Crippen molar-refractivity contribution in [1.82, 2.24) is 5.32 Å². The maximum absolute atomic E-state index is 10.9. The van der Waals surface area contributed by atoms with Crippen LogP contribution < -0.4 is 11.1 Å². The van der Waals surface area contributed by atoms with E-state index in [9.17, 15) is 13.2 Å². The number of hydrogen-bond donors (Lipinski definition) is 2. The highest BCUT2D eigenvalue weighted by atomic mass is 32.2. The van der Waals surface area contributed by atoms with Gasteiger partial charge in [0.15, 0.2) is 9.84 Å². The molecule has 6 heteroatoms. The fourth-order valence-electron chi connectivity index (χ4n) is 0.980. The predicted octanol–water partition coefficient (Wildman–Crippen LogP) is -1.75. The molecule has 1 aliphatic rings. The first-order valence-electron chi connectivity index (χ1n) is 3.67. The Morgan fingerprint density at radius 3 is 2.42 bits per heavy atom. The van der Waals surface area contributed by atoms with Crippen molar-refractivity contribution in [3.8, 4) is 0 Å². The third kappa shape index (κ3) is 2.18. The van der Waals surface area contributed by atoms with Crippen LogP contribution in [-0.2, 0) is 14.6 Å². The highest BCUT2D eigenvalue weighted by molar-refractivity contribution is 7.92. The maximum Gasteiger partial charge on any atom is 0.236 e. The molecule has 5 nitrogen and oxygen atoms in total. The summed E-state index contributed by atoms with van der Waals surface area (Å²) in [6.07, 6.45) is 0. The molecule has 1 aliphatic heterocycles. The zero-order chi connectivity index (χ0) is 9.35. The summed E-state index contributed by atoms with van der Waals surface area (Å²) in [4.78, 5) is 10.9. The summed E-state index contributed by atoms with van der Waals surface area (Å²) in [7, 11) is -2.86. The Morgan fingerprint density at radius 2 is 2.08 bits per heavy atom. The summed E-state index contributed by atoms with van der Waals surface area (Å²) in [5.74, 6) is -0.202. The molecule has 1 amide bonds. The van der Waals surface area contributed by atoms with Crippen molar-refractivity contribution in [1.29, 1.82) is 0 Å². The van der Waals surface area contributed by atoms with Crippen molar-refractivity contribution in [2.24, 2.45) is 5.73 Å². The average molecular weight is 192 g/mol. The second kappa shape index (κ2) is 3.02. The van der Waals surface area contributed by atoms with E-state index in [0.29, 0.717) is 0 Å². The normalized spacial score (nSPS) is 24.2. The van der Waals surface area contributed by atoms with Crippen LogP contribution in [0.5, 0.6) is 0 Å². The standard InChI is InChI=1S/C6H12N2O3S/c1-4(7)6(9)8-5-2-12(10,11)3-5/h4-5H,2-3,7H2,1H3,(H,8,9)/t4-/m1/s1. The molecule has 1 rings (SSSR count). The van der Waals surface area contributed by atoms with E-state index < -0.39 is 15.9 Å². The van der Waals surface area contributed by atoms with E-state index in [1.54, 1.807) is 6.92 Å². The third-order valence-electron chi connectivity index (χ3n) is 1.67. The van der Waals surface area contributed by atoms with Crippen LogP contribution in [0, 0.1) is 0 Å². The minimum atomic E-state index is -2.86. The van der Waals surface area contributed by atoms with Crippen molar-refractivity contribution < 1.29 is 13.2 Å². The van der Waals surface area contributed by atoms with Gasteiger partial charge < -0.3 is 11.1 Å². The molecule has 0 radical (unpaired) electrons. The first kappa shape index (κ1) is 9.47. The lowest BCUT2D eigenvalue weighted by molar-refractivity contribution is -0.122. The summed E-state index contributed by atoms with van der Waals surface area (Å²) in [5.41, 5.74) is 5.27.